The minimum Gasteiger partial charge on any atom is -0.466 e. The van der Waals surface area contributed by atoms with Gasteiger partial charge in [-0.1, -0.05) is 0 Å². The molecule has 0 saturated carbocycles. The fraction of sp³-hybridized carbons (Fsp3) is 0.643. The maximum absolute atomic E-state index is 11.6. The minimum absolute atomic E-state index is 0.164. The van der Waals surface area contributed by atoms with Gasteiger partial charge in [-0.3, -0.25) is 4.79 Å². The Hall–Kier alpha value is -0.910. The summed E-state index contributed by atoms with van der Waals surface area (Å²) in [5.41, 5.74) is 1.14. The van der Waals surface area contributed by atoms with Gasteiger partial charge in [-0.05, 0) is 25.8 Å². The van der Waals surface area contributed by atoms with Crippen LogP contribution in [0.2, 0.25) is 0 Å². The summed E-state index contributed by atoms with van der Waals surface area (Å²) in [5, 5.41) is 0. The second-order valence-electron chi connectivity index (χ2n) is 4.83. The third kappa shape index (κ3) is 2.42. The van der Waals surface area contributed by atoms with Crippen molar-refractivity contribution in [3.63, 3.8) is 0 Å². The summed E-state index contributed by atoms with van der Waals surface area (Å²) < 4.78 is 16.7. The molecule has 0 atom stereocenters. The van der Waals surface area contributed by atoms with E-state index < -0.39 is 5.79 Å². The van der Waals surface area contributed by atoms with Crippen LogP contribution in [0.15, 0.2) is 6.07 Å². The van der Waals surface area contributed by atoms with Crippen molar-refractivity contribution in [3.05, 3.63) is 21.4 Å². The summed E-state index contributed by atoms with van der Waals surface area (Å²) in [7, 11) is 0. The fourth-order valence-electron chi connectivity index (χ4n) is 2.80. The van der Waals surface area contributed by atoms with Crippen LogP contribution in [-0.4, -0.2) is 25.8 Å². The van der Waals surface area contributed by atoms with Crippen molar-refractivity contribution < 1.29 is 19.0 Å². The number of hydrogen-bond donors (Lipinski definition) is 0. The SMILES string of the molecule is CCOC(=O)Cc1cc2c(s1)CCCC21OCCO1. The molecule has 0 unspecified atom stereocenters. The van der Waals surface area contributed by atoms with Crippen molar-refractivity contribution in [3.8, 4) is 0 Å². The van der Waals surface area contributed by atoms with E-state index in [0.717, 1.165) is 29.7 Å². The number of carbonyl (C=O) groups excluding carboxylic acids is 1. The van der Waals surface area contributed by atoms with E-state index in [-0.39, 0.29) is 5.97 Å². The lowest BCUT2D eigenvalue weighted by Gasteiger charge is -2.31. The van der Waals surface area contributed by atoms with Gasteiger partial charge in [0.05, 0.1) is 26.2 Å². The number of thiophene rings is 1. The summed E-state index contributed by atoms with van der Waals surface area (Å²) in [6.07, 6.45) is 3.39. The van der Waals surface area contributed by atoms with E-state index in [9.17, 15) is 4.79 Å². The first-order valence-corrected chi connectivity index (χ1v) is 7.61. The third-order valence-electron chi connectivity index (χ3n) is 3.56. The molecule has 1 aliphatic heterocycles. The van der Waals surface area contributed by atoms with Crippen molar-refractivity contribution in [2.24, 2.45) is 0 Å². The fourth-order valence-corrected chi connectivity index (χ4v) is 4.06. The summed E-state index contributed by atoms with van der Waals surface area (Å²) >= 11 is 1.69. The summed E-state index contributed by atoms with van der Waals surface area (Å²) in [6.45, 7) is 3.57. The molecule has 2 heterocycles. The van der Waals surface area contributed by atoms with Crippen molar-refractivity contribution in [1.29, 1.82) is 0 Å². The lowest BCUT2D eigenvalue weighted by molar-refractivity contribution is -0.175. The van der Waals surface area contributed by atoms with Gasteiger partial charge in [0.1, 0.15) is 0 Å². The Morgan fingerprint density at radius 2 is 2.26 bits per heavy atom. The Balaban J connectivity index is 1.83. The van der Waals surface area contributed by atoms with Crippen LogP contribution in [0, 0.1) is 0 Å². The highest BCUT2D eigenvalue weighted by atomic mass is 32.1. The molecule has 2 aliphatic rings. The van der Waals surface area contributed by atoms with Crippen molar-refractivity contribution in [2.75, 3.05) is 19.8 Å². The maximum Gasteiger partial charge on any atom is 0.311 e. The Bertz CT molecular complexity index is 474. The smallest absolute Gasteiger partial charge is 0.311 e. The lowest BCUT2D eigenvalue weighted by Crippen LogP contribution is -2.30. The van der Waals surface area contributed by atoms with Crippen molar-refractivity contribution in [1.82, 2.24) is 0 Å². The minimum atomic E-state index is -0.531. The van der Waals surface area contributed by atoms with Crippen LogP contribution in [0.25, 0.3) is 0 Å². The van der Waals surface area contributed by atoms with E-state index in [0.29, 0.717) is 26.2 Å². The first kappa shape index (κ1) is 13.1. The molecule has 0 amide bonds. The van der Waals surface area contributed by atoms with E-state index in [1.165, 1.54) is 4.88 Å². The average Bonchev–Trinajstić information content (AvgIpc) is 2.98. The Morgan fingerprint density at radius 3 is 3.00 bits per heavy atom. The lowest BCUT2D eigenvalue weighted by atomic mass is 9.92. The highest BCUT2D eigenvalue weighted by Gasteiger charge is 2.43. The Kier molecular flexibility index (Phi) is 3.60. The van der Waals surface area contributed by atoms with E-state index in [4.69, 9.17) is 14.2 Å². The van der Waals surface area contributed by atoms with Gasteiger partial charge in [0.25, 0.3) is 0 Å². The number of aryl methyl sites for hydroxylation is 1. The van der Waals surface area contributed by atoms with E-state index >= 15 is 0 Å². The molecule has 0 radical (unpaired) electrons. The van der Waals surface area contributed by atoms with Crippen LogP contribution in [0.3, 0.4) is 0 Å². The highest BCUT2D eigenvalue weighted by molar-refractivity contribution is 7.12. The van der Waals surface area contributed by atoms with Gasteiger partial charge in [-0.15, -0.1) is 11.3 Å². The molecule has 1 fully saturated rings. The second kappa shape index (κ2) is 5.23. The molecule has 1 aromatic rings. The van der Waals surface area contributed by atoms with Crippen LogP contribution >= 0.6 is 11.3 Å². The van der Waals surface area contributed by atoms with Crippen LogP contribution in [0.5, 0.6) is 0 Å². The van der Waals surface area contributed by atoms with Gasteiger partial charge < -0.3 is 14.2 Å². The molecule has 104 valence electrons. The van der Waals surface area contributed by atoms with Gasteiger partial charge in [0, 0.05) is 21.7 Å². The summed E-state index contributed by atoms with van der Waals surface area (Å²) in [4.78, 5) is 13.9. The number of esters is 1. The molecule has 0 aromatic carbocycles. The zero-order valence-electron chi connectivity index (χ0n) is 11.1. The zero-order chi connectivity index (χ0) is 13.3. The number of fused-ring (bicyclic) bond motifs is 2. The molecule has 3 rings (SSSR count). The first-order chi connectivity index (χ1) is 9.23. The molecule has 4 nitrogen and oxygen atoms in total. The normalized spacial score (nSPS) is 20.5. The quantitative estimate of drug-likeness (QED) is 0.799. The van der Waals surface area contributed by atoms with E-state index in [2.05, 4.69) is 6.07 Å². The first-order valence-electron chi connectivity index (χ1n) is 6.79. The van der Waals surface area contributed by atoms with Gasteiger partial charge >= 0.3 is 5.97 Å². The van der Waals surface area contributed by atoms with Crippen LogP contribution in [-0.2, 0) is 37.6 Å². The molecule has 19 heavy (non-hydrogen) atoms. The predicted octanol–water partition coefficient (Wildman–Crippen LogP) is 2.39. The standard InChI is InChI=1S/C14H18O4S/c1-2-16-13(15)9-10-8-11-12(19-10)4-3-5-14(11)17-6-7-18-14/h8H,2-7,9H2,1H3. The number of hydrogen-bond acceptors (Lipinski definition) is 5. The predicted molar refractivity (Wildman–Crippen MR) is 71.2 cm³/mol. The molecular formula is C14H18O4S. The van der Waals surface area contributed by atoms with Crippen molar-refractivity contribution in [2.45, 2.75) is 38.4 Å². The van der Waals surface area contributed by atoms with Crippen LogP contribution in [0.1, 0.15) is 35.1 Å². The van der Waals surface area contributed by atoms with Crippen LogP contribution in [0.4, 0.5) is 0 Å². The number of carbonyl (C=O) groups is 1. The highest BCUT2D eigenvalue weighted by Crippen LogP contribution is 2.45. The van der Waals surface area contributed by atoms with Gasteiger partial charge in [0.15, 0.2) is 5.79 Å². The molecule has 1 spiro atoms. The zero-order valence-corrected chi connectivity index (χ0v) is 11.9. The second-order valence-corrected chi connectivity index (χ2v) is 6.06. The molecule has 5 heteroatoms. The van der Waals surface area contributed by atoms with Gasteiger partial charge in [-0.25, -0.2) is 0 Å². The Morgan fingerprint density at radius 1 is 1.47 bits per heavy atom. The van der Waals surface area contributed by atoms with E-state index in [1.807, 2.05) is 6.92 Å². The molecule has 0 bridgehead atoms. The van der Waals surface area contributed by atoms with Crippen LogP contribution < -0.4 is 0 Å². The summed E-state index contributed by atoms with van der Waals surface area (Å²) in [5.74, 6) is -0.694. The number of rotatable bonds is 3. The van der Waals surface area contributed by atoms with Gasteiger partial charge in [0.2, 0.25) is 0 Å². The molecule has 1 saturated heterocycles. The monoisotopic (exact) mass is 282 g/mol. The average molecular weight is 282 g/mol. The molecular weight excluding hydrogens is 264 g/mol. The largest absolute Gasteiger partial charge is 0.466 e. The Labute approximate surface area is 116 Å². The molecule has 1 aromatic heterocycles. The number of ether oxygens (including phenoxy) is 3. The molecule has 1 aliphatic carbocycles. The molecule has 0 N–H and O–H groups in total. The topological polar surface area (TPSA) is 44.8 Å². The maximum atomic E-state index is 11.6. The third-order valence-corrected chi connectivity index (χ3v) is 4.75. The summed E-state index contributed by atoms with van der Waals surface area (Å²) in [6, 6.07) is 2.07. The van der Waals surface area contributed by atoms with Crippen molar-refractivity contribution >= 4 is 17.3 Å². The van der Waals surface area contributed by atoms with E-state index in [1.54, 1.807) is 11.3 Å². The van der Waals surface area contributed by atoms with Gasteiger partial charge in [-0.2, -0.15) is 0 Å².